The second kappa shape index (κ2) is 8.27. The number of hydrogen-bond donors (Lipinski definition) is 0. The minimum absolute atomic E-state index is 0.168. The number of hydrogen-bond acceptors (Lipinski definition) is 4. The Morgan fingerprint density at radius 3 is 2.32 bits per heavy atom. The van der Waals surface area contributed by atoms with Crippen molar-refractivity contribution in [3.8, 4) is 11.5 Å². The van der Waals surface area contributed by atoms with Gasteiger partial charge in [-0.3, -0.25) is 0 Å². The molecule has 2 aromatic carbocycles. The van der Waals surface area contributed by atoms with E-state index in [1.165, 1.54) is 18.5 Å². The van der Waals surface area contributed by atoms with E-state index in [-0.39, 0.29) is 12.3 Å². The van der Waals surface area contributed by atoms with Crippen LogP contribution in [-0.4, -0.2) is 34.0 Å². The van der Waals surface area contributed by atoms with Gasteiger partial charge < -0.3 is 9.47 Å². The Balaban J connectivity index is 2.18. The first-order valence-corrected chi connectivity index (χ1v) is 9.72. The first-order chi connectivity index (χ1) is 11.8. The van der Waals surface area contributed by atoms with Crippen molar-refractivity contribution in [1.82, 2.24) is 4.31 Å². The standard InChI is InChI=1S/C17H19Cl2NO4S/c1-20(10-13-5-6-14(23-2)9-17(13)24-3)25(21,22)11-12-4-7-15(18)16(19)8-12/h4-9H,10-11H2,1-3H3. The molecule has 0 saturated heterocycles. The van der Waals surface area contributed by atoms with Crippen LogP contribution >= 0.6 is 23.2 Å². The van der Waals surface area contributed by atoms with E-state index in [1.807, 2.05) is 0 Å². The van der Waals surface area contributed by atoms with E-state index in [4.69, 9.17) is 32.7 Å². The SMILES string of the molecule is COc1ccc(CN(C)S(=O)(=O)Cc2ccc(Cl)c(Cl)c2)c(OC)c1. The quantitative estimate of drug-likeness (QED) is 0.701. The van der Waals surface area contributed by atoms with Crippen LogP contribution in [0.3, 0.4) is 0 Å². The third-order valence-corrected chi connectivity index (χ3v) is 6.21. The van der Waals surface area contributed by atoms with E-state index in [1.54, 1.807) is 43.5 Å². The van der Waals surface area contributed by atoms with Crippen LogP contribution in [0.5, 0.6) is 11.5 Å². The number of ether oxygens (including phenoxy) is 2. The van der Waals surface area contributed by atoms with Crippen LogP contribution in [0.2, 0.25) is 10.0 Å². The van der Waals surface area contributed by atoms with Gasteiger partial charge in [0.2, 0.25) is 10.0 Å². The number of halogens is 2. The molecule has 0 radical (unpaired) electrons. The van der Waals surface area contributed by atoms with Crippen LogP contribution < -0.4 is 9.47 Å². The fraction of sp³-hybridized carbons (Fsp3) is 0.294. The number of sulfonamides is 1. The molecule has 0 amide bonds. The highest BCUT2D eigenvalue weighted by molar-refractivity contribution is 7.88. The first-order valence-electron chi connectivity index (χ1n) is 7.35. The Morgan fingerprint density at radius 1 is 1.00 bits per heavy atom. The lowest BCUT2D eigenvalue weighted by Gasteiger charge is -2.19. The molecular weight excluding hydrogens is 385 g/mol. The number of nitrogens with zero attached hydrogens (tertiary/aromatic N) is 1. The Kier molecular flexibility index (Phi) is 6.57. The maximum absolute atomic E-state index is 12.6. The normalized spacial score (nSPS) is 11.6. The molecule has 25 heavy (non-hydrogen) atoms. The van der Waals surface area contributed by atoms with Crippen LogP contribution in [0, 0.1) is 0 Å². The maximum Gasteiger partial charge on any atom is 0.218 e. The van der Waals surface area contributed by atoms with Crippen LogP contribution in [-0.2, 0) is 22.3 Å². The molecule has 2 rings (SSSR count). The average Bonchev–Trinajstić information content (AvgIpc) is 2.58. The van der Waals surface area contributed by atoms with Crippen LogP contribution in [0.15, 0.2) is 36.4 Å². The van der Waals surface area contributed by atoms with E-state index in [0.29, 0.717) is 27.1 Å². The maximum atomic E-state index is 12.6. The van der Waals surface area contributed by atoms with Crippen molar-refractivity contribution in [2.45, 2.75) is 12.3 Å². The largest absolute Gasteiger partial charge is 0.497 e. The van der Waals surface area contributed by atoms with E-state index < -0.39 is 10.0 Å². The molecule has 2 aromatic rings. The summed E-state index contributed by atoms with van der Waals surface area (Å²) in [5.74, 6) is 1.04. The lowest BCUT2D eigenvalue weighted by atomic mass is 10.2. The monoisotopic (exact) mass is 403 g/mol. The average molecular weight is 404 g/mol. The zero-order valence-corrected chi connectivity index (χ0v) is 16.5. The van der Waals surface area contributed by atoms with E-state index in [9.17, 15) is 8.42 Å². The second-order valence-corrected chi connectivity index (χ2v) is 8.33. The molecule has 0 aliphatic rings. The van der Waals surface area contributed by atoms with Gasteiger partial charge in [-0.2, -0.15) is 0 Å². The topological polar surface area (TPSA) is 55.8 Å². The molecule has 0 unspecified atom stereocenters. The predicted molar refractivity (Wildman–Crippen MR) is 100 cm³/mol. The van der Waals surface area contributed by atoms with Crippen molar-refractivity contribution in [3.05, 3.63) is 57.6 Å². The Hall–Kier alpha value is -1.47. The van der Waals surface area contributed by atoms with Gasteiger partial charge >= 0.3 is 0 Å². The van der Waals surface area contributed by atoms with Crippen molar-refractivity contribution in [3.63, 3.8) is 0 Å². The van der Waals surface area contributed by atoms with Gasteiger partial charge in [0, 0.05) is 25.2 Å². The zero-order chi connectivity index (χ0) is 18.6. The molecule has 0 aliphatic carbocycles. The zero-order valence-electron chi connectivity index (χ0n) is 14.1. The summed E-state index contributed by atoms with van der Waals surface area (Å²) in [6.45, 7) is 0.177. The fourth-order valence-electron chi connectivity index (χ4n) is 2.27. The summed E-state index contributed by atoms with van der Waals surface area (Å²) in [6.07, 6.45) is 0. The van der Waals surface area contributed by atoms with E-state index in [2.05, 4.69) is 0 Å². The predicted octanol–water partition coefficient (Wildman–Crippen LogP) is 3.97. The van der Waals surface area contributed by atoms with Gasteiger partial charge in [-0.25, -0.2) is 12.7 Å². The lowest BCUT2D eigenvalue weighted by Crippen LogP contribution is -2.28. The number of rotatable bonds is 7. The van der Waals surface area contributed by atoms with Crippen molar-refractivity contribution in [2.75, 3.05) is 21.3 Å². The molecule has 0 heterocycles. The van der Waals surface area contributed by atoms with Gasteiger partial charge in [-0.15, -0.1) is 0 Å². The molecule has 0 bridgehead atoms. The van der Waals surface area contributed by atoms with Gasteiger partial charge in [0.05, 0.1) is 30.0 Å². The van der Waals surface area contributed by atoms with E-state index in [0.717, 1.165) is 5.56 Å². The van der Waals surface area contributed by atoms with Gasteiger partial charge in [-0.1, -0.05) is 35.3 Å². The van der Waals surface area contributed by atoms with Crippen LogP contribution in [0.25, 0.3) is 0 Å². The molecule has 0 atom stereocenters. The Labute approximate surface area is 158 Å². The molecule has 0 spiro atoms. The Morgan fingerprint density at radius 2 is 1.72 bits per heavy atom. The third-order valence-electron chi connectivity index (χ3n) is 3.70. The fourth-order valence-corrected chi connectivity index (χ4v) is 3.75. The van der Waals surface area contributed by atoms with Crippen LogP contribution in [0.1, 0.15) is 11.1 Å². The van der Waals surface area contributed by atoms with Gasteiger partial charge in [-0.05, 0) is 23.8 Å². The molecule has 5 nitrogen and oxygen atoms in total. The summed E-state index contributed by atoms with van der Waals surface area (Å²) < 4.78 is 37.0. The van der Waals surface area contributed by atoms with Crippen molar-refractivity contribution in [2.24, 2.45) is 0 Å². The van der Waals surface area contributed by atoms with Gasteiger partial charge in [0.15, 0.2) is 0 Å². The van der Waals surface area contributed by atoms with Crippen molar-refractivity contribution in [1.29, 1.82) is 0 Å². The molecule has 0 aromatic heterocycles. The highest BCUT2D eigenvalue weighted by Gasteiger charge is 2.21. The molecule has 136 valence electrons. The highest BCUT2D eigenvalue weighted by atomic mass is 35.5. The van der Waals surface area contributed by atoms with Crippen LogP contribution in [0.4, 0.5) is 0 Å². The van der Waals surface area contributed by atoms with E-state index >= 15 is 0 Å². The highest BCUT2D eigenvalue weighted by Crippen LogP contribution is 2.27. The minimum atomic E-state index is -3.54. The summed E-state index contributed by atoms with van der Waals surface area (Å²) in [5, 5.41) is 0.716. The third kappa shape index (κ3) is 5.01. The first kappa shape index (κ1) is 19.8. The molecule has 0 fully saturated rings. The second-order valence-electron chi connectivity index (χ2n) is 5.44. The summed E-state index contributed by atoms with van der Waals surface area (Å²) in [6, 6.07) is 10.0. The summed E-state index contributed by atoms with van der Waals surface area (Å²) in [7, 11) is 1.08. The number of benzene rings is 2. The molecule has 8 heteroatoms. The summed E-state index contributed by atoms with van der Waals surface area (Å²) >= 11 is 11.8. The smallest absolute Gasteiger partial charge is 0.218 e. The van der Waals surface area contributed by atoms with Crippen molar-refractivity contribution < 1.29 is 17.9 Å². The summed E-state index contributed by atoms with van der Waals surface area (Å²) in [5.41, 5.74) is 1.31. The summed E-state index contributed by atoms with van der Waals surface area (Å²) in [4.78, 5) is 0. The molecule has 0 N–H and O–H groups in total. The van der Waals surface area contributed by atoms with Gasteiger partial charge in [0.25, 0.3) is 0 Å². The minimum Gasteiger partial charge on any atom is -0.497 e. The number of methoxy groups -OCH3 is 2. The molecule has 0 saturated carbocycles. The van der Waals surface area contributed by atoms with Gasteiger partial charge in [0.1, 0.15) is 11.5 Å². The Bertz CT molecular complexity index is 856. The van der Waals surface area contributed by atoms with Crippen molar-refractivity contribution >= 4 is 33.2 Å². The molecular formula is C17H19Cl2NO4S. The molecule has 0 aliphatic heterocycles. The lowest BCUT2D eigenvalue weighted by molar-refractivity contribution is 0.384.